The van der Waals surface area contributed by atoms with Crippen molar-refractivity contribution < 1.29 is 32.6 Å². The average Bonchev–Trinajstić information content (AvgIpc) is 2.81. The minimum Gasteiger partial charge on any atom is -0.463 e. The zero-order valence-electron chi connectivity index (χ0n) is 22.5. The Hall–Kier alpha value is -3.24. The summed E-state index contributed by atoms with van der Waals surface area (Å²) in [6.45, 7) is 10.1. The Morgan fingerprint density at radius 3 is 2.08 bits per heavy atom. The second kappa shape index (κ2) is 11.7. The highest BCUT2D eigenvalue weighted by molar-refractivity contribution is 7.89. The monoisotopic (exact) mass is 544 g/mol. The lowest BCUT2D eigenvalue weighted by atomic mass is 9.61. The van der Waals surface area contributed by atoms with E-state index in [4.69, 9.17) is 9.47 Å². The molecule has 0 bridgehead atoms. The maximum atomic E-state index is 13.5. The molecule has 1 fully saturated rings. The summed E-state index contributed by atoms with van der Waals surface area (Å²) in [4.78, 5) is 29.1. The summed E-state index contributed by atoms with van der Waals surface area (Å²) >= 11 is 0. The van der Waals surface area contributed by atoms with Gasteiger partial charge in [-0.05, 0) is 59.2 Å². The van der Waals surface area contributed by atoms with E-state index in [2.05, 4.69) is 9.93 Å². The number of aliphatic hydroxyl groups is 1. The molecule has 1 aliphatic rings. The average molecular weight is 545 g/mol. The Balaban J connectivity index is 2.15. The van der Waals surface area contributed by atoms with Crippen LogP contribution in [0.15, 0.2) is 64.6 Å². The largest absolute Gasteiger partial charge is 0.463 e. The second-order valence-electron chi connectivity index (χ2n) is 10.4. The van der Waals surface area contributed by atoms with Gasteiger partial charge in [0.1, 0.15) is 5.92 Å². The molecule has 2 N–H and O–H groups in total. The van der Waals surface area contributed by atoms with Crippen LogP contribution in [0.25, 0.3) is 0 Å². The van der Waals surface area contributed by atoms with Crippen LogP contribution in [0, 0.1) is 18.8 Å². The minimum absolute atomic E-state index is 0.00526. The number of hydrogen-bond acceptors (Lipinski definition) is 8. The predicted molar refractivity (Wildman–Crippen MR) is 143 cm³/mol. The lowest BCUT2D eigenvalue weighted by Crippen LogP contribution is -2.56. The maximum absolute atomic E-state index is 13.5. The Bertz CT molecular complexity index is 1270. The summed E-state index contributed by atoms with van der Waals surface area (Å²) in [6, 6.07) is 15.0. The first-order chi connectivity index (χ1) is 17.7. The molecule has 2 aromatic carbocycles. The first kappa shape index (κ1) is 29.3. The second-order valence-corrected chi connectivity index (χ2v) is 12.1. The van der Waals surface area contributed by atoms with Gasteiger partial charge in [0.05, 0.1) is 34.3 Å². The molecule has 2 aromatic rings. The van der Waals surface area contributed by atoms with Crippen molar-refractivity contribution >= 4 is 27.7 Å². The molecule has 0 aromatic heterocycles. The molecule has 0 spiro atoms. The highest BCUT2D eigenvalue weighted by atomic mass is 32.2. The van der Waals surface area contributed by atoms with Gasteiger partial charge in [-0.3, -0.25) is 9.59 Å². The van der Waals surface area contributed by atoms with Crippen LogP contribution in [-0.4, -0.2) is 49.0 Å². The molecule has 0 aliphatic heterocycles. The maximum Gasteiger partial charge on any atom is 0.315 e. The number of rotatable bonds is 8. The van der Waals surface area contributed by atoms with Crippen LogP contribution >= 0.6 is 0 Å². The fourth-order valence-electron chi connectivity index (χ4n) is 4.73. The van der Waals surface area contributed by atoms with E-state index in [1.54, 1.807) is 70.2 Å². The number of esters is 2. The highest BCUT2D eigenvalue weighted by Gasteiger charge is 2.56. The van der Waals surface area contributed by atoms with Gasteiger partial charge in [-0.15, -0.1) is 0 Å². The van der Waals surface area contributed by atoms with Gasteiger partial charge in [0.15, 0.2) is 0 Å². The standard InChI is InChI=1S/C28H36N2O7S/c1-17(2)36-26(31)24-22(29-30-38(34,35)21-14-12-19(5)13-15-21)16-28(6,33)25(27(32)37-18(3)4)23(24)20-10-8-7-9-11-20/h7-15,17-18,23-25,30,33H,16H2,1-6H3/b29-22-/t23-,24+,25+,28+/m1/s1. The molecular weight excluding hydrogens is 508 g/mol. The summed E-state index contributed by atoms with van der Waals surface area (Å²) in [5.74, 6) is -4.59. The molecule has 3 rings (SSSR count). The predicted octanol–water partition coefficient (Wildman–Crippen LogP) is 3.70. The van der Waals surface area contributed by atoms with Crippen LogP contribution in [0.5, 0.6) is 0 Å². The van der Waals surface area contributed by atoms with Crippen molar-refractivity contribution in [3.8, 4) is 0 Å². The van der Waals surface area contributed by atoms with Crippen molar-refractivity contribution in [2.45, 2.75) is 76.6 Å². The Kier molecular flexibility index (Phi) is 8.99. The fraction of sp³-hybridized carbons (Fsp3) is 0.464. The molecule has 9 nitrogen and oxygen atoms in total. The molecule has 1 saturated carbocycles. The third-order valence-electron chi connectivity index (χ3n) is 6.32. The number of nitrogens with zero attached hydrogens (tertiary/aromatic N) is 1. The van der Waals surface area contributed by atoms with Crippen LogP contribution in [0.4, 0.5) is 0 Å². The van der Waals surface area contributed by atoms with Gasteiger partial charge in [-0.25, -0.2) is 4.83 Å². The van der Waals surface area contributed by atoms with E-state index in [0.717, 1.165) is 5.56 Å². The SMILES string of the molecule is Cc1ccc(S(=O)(=O)N/N=C2/C[C@](C)(O)[C@H](C(=O)OC(C)C)[C@H](c3ccccc3)[C@H]2C(=O)OC(C)C)cc1. The van der Waals surface area contributed by atoms with Crippen LogP contribution in [0.3, 0.4) is 0 Å². The number of benzene rings is 2. The topological polar surface area (TPSA) is 131 Å². The van der Waals surface area contributed by atoms with Crippen LogP contribution in [0.1, 0.15) is 58.1 Å². The Morgan fingerprint density at radius 2 is 1.53 bits per heavy atom. The van der Waals surface area contributed by atoms with E-state index in [0.29, 0.717) is 5.56 Å². The Morgan fingerprint density at radius 1 is 0.974 bits per heavy atom. The summed E-state index contributed by atoms with van der Waals surface area (Å²) in [6.07, 6.45) is -1.19. The number of carbonyl (C=O) groups excluding carboxylic acids is 2. The van der Waals surface area contributed by atoms with E-state index in [1.165, 1.54) is 19.1 Å². The van der Waals surface area contributed by atoms with Crippen molar-refractivity contribution in [2.75, 3.05) is 0 Å². The molecule has 0 radical (unpaired) electrons. The van der Waals surface area contributed by atoms with Crippen molar-refractivity contribution in [2.24, 2.45) is 16.9 Å². The van der Waals surface area contributed by atoms with E-state index in [9.17, 15) is 23.1 Å². The van der Waals surface area contributed by atoms with Gasteiger partial charge < -0.3 is 14.6 Å². The van der Waals surface area contributed by atoms with E-state index >= 15 is 0 Å². The van der Waals surface area contributed by atoms with Crippen molar-refractivity contribution in [3.63, 3.8) is 0 Å². The van der Waals surface area contributed by atoms with Crippen molar-refractivity contribution in [1.82, 2.24) is 4.83 Å². The number of aryl methyl sites for hydroxylation is 1. The summed E-state index contributed by atoms with van der Waals surface area (Å²) < 4.78 is 37.0. The van der Waals surface area contributed by atoms with Crippen molar-refractivity contribution in [1.29, 1.82) is 0 Å². The van der Waals surface area contributed by atoms with Gasteiger partial charge in [-0.1, -0.05) is 48.0 Å². The molecule has 0 saturated heterocycles. The quantitative estimate of drug-likeness (QED) is 0.383. The first-order valence-electron chi connectivity index (χ1n) is 12.6. The molecule has 0 heterocycles. The molecule has 1 aliphatic carbocycles. The van der Waals surface area contributed by atoms with Crippen LogP contribution < -0.4 is 4.83 Å². The third kappa shape index (κ3) is 6.79. The van der Waals surface area contributed by atoms with Gasteiger partial charge in [0.2, 0.25) is 0 Å². The van der Waals surface area contributed by atoms with Crippen LogP contribution in [-0.2, 0) is 29.1 Å². The molecule has 0 unspecified atom stereocenters. The molecular formula is C28H36N2O7S. The molecule has 10 heteroatoms. The molecule has 4 atom stereocenters. The number of carbonyl (C=O) groups is 2. The third-order valence-corrected chi connectivity index (χ3v) is 7.55. The number of ether oxygens (including phenoxy) is 2. The van der Waals surface area contributed by atoms with E-state index in [1.807, 2.05) is 6.92 Å². The van der Waals surface area contributed by atoms with Crippen LogP contribution in [0.2, 0.25) is 0 Å². The summed E-state index contributed by atoms with van der Waals surface area (Å²) in [5.41, 5.74) is -0.188. The fourth-order valence-corrected chi connectivity index (χ4v) is 5.56. The van der Waals surface area contributed by atoms with Gasteiger partial charge in [0.25, 0.3) is 10.0 Å². The van der Waals surface area contributed by atoms with Gasteiger partial charge in [-0.2, -0.15) is 13.5 Å². The molecule has 206 valence electrons. The van der Waals surface area contributed by atoms with Gasteiger partial charge in [0, 0.05) is 12.3 Å². The molecule has 38 heavy (non-hydrogen) atoms. The van der Waals surface area contributed by atoms with Gasteiger partial charge >= 0.3 is 11.9 Å². The number of sulfonamides is 1. The normalized spacial score (nSPS) is 24.9. The zero-order valence-corrected chi connectivity index (χ0v) is 23.4. The molecule has 0 amide bonds. The summed E-state index contributed by atoms with van der Waals surface area (Å²) in [7, 11) is -4.08. The van der Waals surface area contributed by atoms with E-state index < -0.39 is 57.5 Å². The zero-order chi connectivity index (χ0) is 28.3. The number of nitrogens with one attached hydrogen (secondary N) is 1. The number of hydrazone groups is 1. The lowest BCUT2D eigenvalue weighted by molar-refractivity contribution is -0.167. The van der Waals surface area contributed by atoms with Crippen molar-refractivity contribution in [3.05, 3.63) is 65.7 Å². The smallest absolute Gasteiger partial charge is 0.315 e. The first-order valence-corrected chi connectivity index (χ1v) is 14.0. The highest BCUT2D eigenvalue weighted by Crippen LogP contribution is 2.47. The number of hydrogen-bond donors (Lipinski definition) is 2. The Labute approximate surface area is 224 Å². The minimum atomic E-state index is -4.08. The summed E-state index contributed by atoms with van der Waals surface area (Å²) in [5, 5.41) is 15.7. The van der Waals surface area contributed by atoms with E-state index in [-0.39, 0.29) is 17.0 Å². The lowest BCUT2D eigenvalue weighted by Gasteiger charge is -2.45.